The van der Waals surface area contributed by atoms with Crippen LogP contribution in [0.4, 0.5) is 0 Å². The molecule has 0 aliphatic carbocycles. The van der Waals surface area contributed by atoms with Crippen molar-refractivity contribution in [3.8, 4) is 11.5 Å². The van der Waals surface area contributed by atoms with Gasteiger partial charge in [0, 0.05) is 11.6 Å². The quantitative estimate of drug-likeness (QED) is 0.917. The molecule has 1 heterocycles. The monoisotopic (exact) mass is 299 g/mol. The first-order valence-electron chi connectivity index (χ1n) is 6.63. The van der Waals surface area contributed by atoms with Crippen molar-refractivity contribution in [3.63, 3.8) is 0 Å². The highest BCUT2D eigenvalue weighted by Gasteiger charge is 2.28. The fourth-order valence-corrected chi connectivity index (χ4v) is 4.12. The van der Waals surface area contributed by atoms with Crippen LogP contribution < -0.4 is 14.8 Å². The molecule has 0 bridgehead atoms. The molecule has 1 N–H and O–H groups in total. The third-order valence-corrected chi connectivity index (χ3v) is 5.28. The molecule has 112 valence electrons. The third-order valence-electron chi connectivity index (χ3n) is 3.58. The molecule has 1 fully saturated rings. The minimum atomic E-state index is -3.05. The van der Waals surface area contributed by atoms with Crippen molar-refractivity contribution in [1.29, 1.82) is 0 Å². The summed E-state index contributed by atoms with van der Waals surface area (Å²) in [5.74, 6) is 1.68. The zero-order valence-electron chi connectivity index (χ0n) is 12.0. The standard InChI is InChI=1S/C14H21NO4S/c1-10-6-7-20(16,17)9-13(15-10)12-8-11(18-2)4-5-14(12)19-3/h4-5,8,10,13,15H,6-7,9H2,1-3H3. The Bertz CT molecular complexity index is 571. The normalized spacial score (nSPS) is 25.8. The van der Waals surface area contributed by atoms with E-state index >= 15 is 0 Å². The lowest BCUT2D eigenvalue weighted by molar-refractivity contribution is 0.387. The molecule has 0 spiro atoms. The van der Waals surface area contributed by atoms with Crippen LogP contribution in [0.1, 0.15) is 24.9 Å². The van der Waals surface area contributed by atoms with E-state index in [0.717, 1.165) is 5.56 Å². The second kappa shape index (κ2) is 6.01. The summed E-state index contributed by atoms with van der Waals surface area (Å²) in [6.45, 7) is 2.00. The van der Waals surface area contributed by atoms with E-state index in [1.54, 1.807) is 26.4 Å². The van der Waals surface area contributed by atoms with Crippen LogP contribution in [0.25, 0.3) is 0 Å². The van der Waals surface area contributed by atoms with E-state index in [1.807, 2.05) is 13.0 Å². The van der Waals surface area contributed by atoms with Gasteiger partial charge in [-0.15, -0.1) is 0 Å². The van der Waals surface area contributed by atoms with Gasteiger partial charge in [0.05, 0.1) is 31.8 Å². The van der Waals surface area contributed by atoms with Crippen LogP contribution in [-0.2, 0) is 9.84 Å². The Balaban J connectivity index is 2.41. The summed E-state index contributed by atoms with van der Waals surface area (Å²) >= 11 is 0. The van der Waals surface area contributed by atoms with Crippen molar-refractivity contribution in [3.05, 3.63) is 23.8 Å². The fraction of sp³-hybridized carbons (Fsp3) is 0.571. The third kappa shape index (κ3) is 3.43. The summed E-state index contributed by atoms with van der Waals surface area (Å²) < 4.78 is 34.7. The largest absolute Gasteiger partial charge is 0.497 e. The molecule has 1 aromatic carbocycles. The highest BCUT2D eigenvalue weighted by atomic mass is 32.2. The summed E-state index contributed by atoms with van der Waals surface area (Å²) in [6, 6.07) is 5.31. The predicted molar refractivity (Wildman–Crippen MR) is 78.2 cm³/mol. The van der Waals surface area contributed by atoms with Gasteiger partial charge in [-0.3, -0.25) is 0 Å². The number of rotatable bonds is 3. The van der Waals surface area contributed by atoms with Crippen LogP contribution in [0.5, 0.6) is 11.5 Å². The lowest BCUT2D eigenvalue weighted by Crippen LogP contribution is -2.31. The summed E-state index contributed by atoms with van der Waals surface area (Å²) in [5, 5.41) is 3.36. The first kappa shape index (κ1) is 15.1. The number of hydrogen-bond acceptors (Lipinski definition) is 5. The van der Waals surface area contributed by atoms with Crippen molar-refractivity contribution < 1.29 is 17.9 Å². The Kier molecular flexibility index (Phi) is 4.55. The number of benzene rings is 1. The van der Waals surface area contributed by atoms with E-state index in [2.05, 4.69) is 5.32 Å². The van der Waals surface area contributed by atoms with Gasteiger partial charge < -0.3 is 14.8 Å². The number of methoxy groups -OCH3 is 2. The van der Waals surface area contributed by atoms with Gasteiger partial charge in [-0.2, -0.15) is 0 Å². The first-order chi connectivity index (χ1) is 9.45. The van der Waals surface area contributed by atoms with E-state index < -0.39 is 9.84 Å². The summed E-state index contributed by atoms with van der Waals surface area (Å²) in [6.07, 6.45) is 0.630. The molecule has 0 saturated carbocycles. The number of sulfone groups is 1. The molecule has 1 aliphatic rings. The van der Waals surface area contributed by atoms with E-state index in [1.165, 1.54) is 0 Å². The van der Waals surface area contributed by atoms with E-state index in [9.17, 15) is 8.42 Å². The number of ether oxygens (including phenoxy) is 2. The molecule has 6 heteroatoms. The summed E-state index contributed by atoms with van der Waals surface area (Å²) in [4.78, 5) is 0. The molecular formula is C14H21NO4S. The van der Waals surface area contributed by atoms with Gasteiger partial charge in [0.2, 0.25) is 0 Å². The molecule has 20 heavy (non-hydrogen) atoms. The first-order valence-corrected chi connectivity index (χ1v) is 8.45. The fourth-order valence-electron chi connectivity index (χ4n) is 2.46. The maximum Gasteiger partial charge on any atom is 0.152 e. The van der Waals surface area contributed by atoms with E-state index in [4.69, 9.17) is 9.47 Å². The molecule has 0 aromatic heterocycles. The second-order valence-electron chi connectivity index (χ2n) is 5.13. The predicted octanol–water partition coefficient (Wildman–Crippen LogP) is 1.54. The molecule has 2 rings (SSSR count). The van der Waals surface area contributed by atoms with Crippen LogP contribution in [0.2, 0.25) is 0 Å². The summed E-state index contributed by atoms with van der Waals surface area (Å²) in [7, 11) is 0.119. The average molecular weight is 299 g/mol. The average Bonchev–Trinajstić information content (AvgIpc) is 2.56. The Morgan fingerprint density at radius 2 is 2.00 bits per heavy atom. The highest BCUT2D eigenvalue weighted by Crippen LogP contribution is 2.31. The molecule has 0 amide bonds. The SMILES string of the molecule is COc1ccc(OC)c(C2CS(=O)(=O)CCC(C)N2)c1. The Morgan fingerprint density at radius 1 is 1.25 bits per heavy atom. The van der Waals surface area contributed by atoms with Gasteiger partial charge in [-0.1, -0.05) is 0 Å². The summed E-state index contributed by atoms with van der Waals surface area (Å²) in [5.41, 5.74) is 0.823. The second-order valence-corrected chi connectivity index (χ2v) is 7.36. The molecule has 5 nitrogen and oxygen atoms in total. The highest BCUT2D eigenvalue weighted by molar-refractivity contribution is 7.91. The van der Waals surface area contributed by atoms with E-state index in [0.29, 0.717) is 17.9 Å². The molecule has 1 saturated heterocycles. The smallest absolute Gasteiger partial charge is 0.152 e. The van der Waals surface area contributed by atoms with Crippen molar-refractivity contribution in [2.45, 2.75) is 25.4 Å². The lowest BCUT2D eigenvalue weighted by Gasteiger charge is -2.22. The lowest BCUT2D eigenvalue weighted by atomic mass is 10.1. The Morgan fingerprint density at radius 3 is 2.65 bits per heavy atom. The Labute approximate surface area is 120 Å². The minimum Gasteiger partial charge on any atom is -0.497 e. The molecule has 2 unspecified atom stereocenters. The van der Waals surface area contributed by atoms with Crippen LogP contribution in [0.15, 0.2) is 18.2 Å². The van der Waals surface area contributed by atoms with Crippen LogP contribution in [0, 0.1) is 0 Å². The number of hydrogen-bond donors (Lipinski definition) is 1. The minimum absolute atomic E-state index is 0.0842. The van der Waals surface area contributed by atoms with Crippen molar-refractivity contribution in [2.75, 3.05) is 25.7 Å². The maximum absolute atomic E-state index is 12.0. The molecule has 1 aliphatic heterocycles. The molecule has 0 radical (unpaired) electrons. The van der Waals surface area contributed by atoms with Crippen LogP contribution >= 0.6 is 0 Å². The van der Waals surface area contributed by atoms with Gasteiger partial charge in [-0.25, -0.2) is 8.42 Å². The van der Waals surface area contributed by atoms with Gasteiger partial charge in [0.15, 0.2) is 9.84 Å². The van der Waals surface area contributed by atoms with Crippen LogP contribution in [-0.4, -0.2) is 40.2 Å². The van der Waals surface area contributed by atoms with Gasteiger partial charge in [0.25, 0.3) is 0 Å². The van der Waals surface area contributed by atoms with Gasteiger partial charge >= 0.3 is 0 Å². The van der Waals surface area contributed by atoms with Crippen molar-refractivity contribution in [1.82, 2.24) is 5.32 Å². The molecule has 2 atom stereocenters. The zero-order valence-corrected chi connectivity index (χ0v) is 12.9. The molecular weight excluding hydrogens is 278 g/mol. The van der Waals surface area contributed by atoms with E-state index in [-0.39, 0.29) is 23.6 Å². The van der Waals surface area contributed by atoms with Gasteiger partial charge in [-0.05, 0) is 31.5 Å². The van der Waals surface area contributed by atoms with Crippen molar-refractivity contribution >= 4 is 9.84 Å². The Hall–Kier alpha value is -1.27. The van der Waals surface area contributed by atoms with Gasteiger partial charge in [0.1, 0.15) is 11.5 Å². The number of nitrogens with one attached hydrogen (secondary N) is 1. The zero-order chi connectivity index (χ0) is 14.8. The van der Waals surface area contributed by atoms with Crippen LogP contribution in [0.3, 0.4) is 0 Å². The molecule has 1 aromatic rings. The topological polar surface area (TPSA) is 64.6 Å². The maximum atomic E-state index is 12.0. The van der Waals surface area contributed by atoms with Crippen molar-refractivity contribution in [2.24, 2.45) is 0 Å².